The lowest BCUT2D eigenvalue weighted by Crippen LogP contribution is -2.23. The van der Waals surface area contributed by atoms with Gasteiger partial charge in [0.05, 0.1) is 0 Å². The maximum atomic E-state index is 12.5. The summed E-state index contributed by atoms with van der Waals surface area (Å²) in [5, 5.41) is 3.42. The molecule has 0 saturated heterocycles. The molecule has 0 aliphatic rings. The Labute approximate surface area is 168 Å². The van der Waals surface area contributed by atoms with E-state index in [2.05, 4.69) is 38.5 Å². The molecule has 148 valence electrons. The summed E-state index contributed by atoms with van der Waals surface area (Å²) in [6.45, 7) is 4.32. The second kappa shape index (κ2) is 8.29. The highest BCUT2D eigenvalue weighted by atomic mass is 32.2. The molecule has 0 spiro atoms. The van der Waals surface area contributed by atoms with Gasteiger partial charge >= 0.3 is 0 Å². The van der Waals surface area contributed by atoms with Crippen molar-refractivity contribution < 1.29 is 8.42 Å². The third-order valence-electron chi connectivity index (χ3n) is 3.88. The fraction of sp³-hybridized carbons (Fsp3) is 0.333. The third-order valence-corrected chi connectivity index (χ3v) is 6.36. The molecule has 0 bridgehead atoms. The summed E-state index contributed by atoms with van der Waals surface area (Å²) in [7, 11) is -0.683. The molecule has 0 fully saturated rings. The van der Waals surface area contributed by atoms with Crippen molar-refractivity contribution in [3.8, 4) is 11.5 Å². The Bertz CT molecular complexity index is 1060. The average Bonchev–Trinajstić information content (AvgIpc) is 3.10. The van der Waals surface area contributed by atoms with Gasteiger partial charge in [0, 0.05) is 38.0 Å². The number of hydrogen-bond acceptors (Lipinski definition) is 8. The molecule has 3 aromatic heterocycles. The number of nitrogens with one attached hydrogen (secondary N) is 1. The lowest BCUT2D eigenvalue weighted by atomic mass is 10.0. The Balaban J connectivity index is 1.87. The zero-order valence-corrected chi connectivity index (χ0v) is 17.8. The fourth-order valence-electron chi connectivity index (χ4n) is 2.56. The number of pyridine rings is 2. The summed E-state index contributed by atoms with van der Waals surface area (Å²) >= 11 is 1.13. The monoisotopic (exact) mass is 418 g/mol. The Morgan fingerprint density at radius 2 is 1.96 bits per heavy atom. The van der Waals surface area contributed by atoms with E-state index in [1.165, 1.54) is 31.9 Å². The standard InChI is InChI=1S/C18H22N6O2S2/c1-12(2)10-13-7-9-19-14(11-13)16-21-18(27-23-16)22-17-15(6-5-8-20-17)28(25,26)24(3)4/h5-9,11-12H,10H2,1-4H3,(H,20,21,22,23). The van der Waals surface area contributed by atoms with Crippen molar-refractivity contribution >= 4 is 32.5 Å². The number of aromatic nitrogens is 4. The van der Waals surface area contributed by atoms with Gasteiger partial charge < -0.3 is 5.32 Å². The molecule has 10 heteroatoms. The summed E-state index contributed by atoms with van der Waals surface area (Å²) < 4.78 is 30.5. The van der Waals surface area contributed by atoms with Crippen LogP contribution in [0.1, 0.15) is 19.4 Å². The van der Waals surface area contributed by atoms with Gasteiger partial charge in [0.25, 0.3) is 0 Å². The van der Waals surface area contributed by atoms with Crippen LogP contribution in [0.3, 0.4) is 0 Å². The Hall–Kier alpha value is -2.43. The highest BCUT2D eigenvalue weighted by Gasteiger charge is 2.22. The van der Waals surface area contributed by atoms with Crippen molar-refractivity contribution in [3.05, 3.63) is 42.2 Å². The molecule has 3 heterocycles. The molecular weight excluding hydrogens is 396 g/mol. The van der Waals surface area contributed by atoms with E-state index in [0.29, 0.717) is 22.6 Å². The van der Waals surface area contributed by atoms with Crippen molar-refractivity contribution in [2.24, 2.45) is 5.92 Å². The molecule has 0 aliphatic carbocycles. The predicted octanol–water partition coefficient (Wildman–Crippen LogP) is 3.19. The largest absolute Gasteiger partial charge is 0.314 e. The van der Waals surface area contributed by atoms with E-state index < -0.39 is 10.0 Å². The minimum absolute atomic E-state index is 0.0776. The Morgan fingerprint density at radius 1 is 1.18 bits per heavy atom. The predicted molar refractivity (Wildman–Crippen MR) is 110 cm³/mol. The summed E-state index contributed by atoms with van der Waals surface area (Å²) in [5.74, 6) is 1.24. The molecule has 3 aromatic rings. The molecule has 28 heavy (non-hydrogen) atoms. The number of nitrogens with zero attached hydrogens (tertiary/aromatic N) is 5. The van der Waals surface area contributed by atoms with Crippen LogP contribution >= 0.6 is 11.5 Å². The van der Waals surface area contributed by atoms with E-state index in [4.69, 9.17) is 0 Å². The number of hydrogen-bond donors (Lipinski definition) is 1. The topological polar surface area (TPSA) is 101 Å². The quantitative estimate of drug-likeness (QED) is 0.629. The van der Waals surface area contributed by atoms with Gasteiger partial charge in [0.1, 0.15) is 10.6 Å². The van der Waals surface area contributed by atoms with E-state index in [9.17, 15) is 8.42 Å². The SMILES string of the molecule is CC(C)Cc1ccnc(-c2nsc(Nc3ncccc3S(=O)(=O)N(C)C)n2)c1. The molecule has 0 saturated carbocycles. The highest BCUT2D eigenvalue weighted by Crippen LogP contribution is 2.27. The van der Waals surface area contributed by atoms with Crippen LogP contribution in [0.2, 0.25) is 0 Å². The van der Waals surface area contributed by atoms with Gasteiger partial charge in [-0.25, -0.2) is 17.7 Å². The van der Waals surface area contributed by atoms with Crippen LogP contribution in [0.5, 0.6) is 0 Å². The number of anilines is 2. The van der Waals surface area contributed by atoms with Gasteiger partial charge in [-0.15, -0.1) is 0 Å². The first-order valence-corrected chi connectivity index (χ1v) is 10.9. The van der Waals surface area contributed by atoms with E-state index in [0.717, 1.165) is 22.3 Å². The van der Waals surface area contributed by atoms with Crippen LogP contribution < -0.4 is 5.32 Å². The van der Waals surface area contributed by atoms with Gasteiger partial charge in [-0.05, 0) is 42.2 Å². The summed E-state index contributed by atoms with van der Waals surface area (Å²) in [5.41, 5.74) is 1.86. The maximum absolute atomic E-state index is 12.5. The normalized spacial score (nSPS) is 11.9. The van der Waals surface area contributed by atoms with Gasteiger partial charge in [-0.3, -0.25) is 4.98 Å². The lowest BCUT2D eigenvalue weighted by Gasteiger charge is -2.14. The first-order chi connectivity index (χ1) is 13.3. The summed E-state index contributed by atoms with van der Waals surface area (Å²) in [6.07, 6.45) is 4.22. The molecule has 0 radical (unpaired) electrons. The molecule has 0 atom stereocenters. The lowest BCUT2D eigenvalue weighted by molar-refractivity contribution is 0.521. The maximum Gasteiger partial charge on any atom is 0.246 e. The fourth-order valence-corrected chi connectivity index (χ4v) is 4.13. The van der Waals surface area contributed by atoms with Crippen LogP contribution in [0.4, 0.5) is 10.9 Å². The molecule has 1 N–H and O–H groups in total. The molecule has 0 amide bonds. The van der Waals surface area contributed by atoms with Crippen molar-refractivity contribution in [2.75, 3.05) is 19.4 Å². The first kappa shape index (κ1) is 20.3. The first-order valence-electron chi connectivity index (χ1n) is 8.71. The zero-order chi connectivity index (χ0) is 20.3. The van der Waals surface area contributed by atoms with Crippen LogP contribution in [-0.4, -0.2) is 46.1 Å². The van der Waals surface area contributed by atoms with Crippen molar-refractivity contribution in [2.45, 2.75) is 25.2 Å². The van der Waals surface area contributed by atoms with Crippen molar-refractivity contribution in [1.29, 1.82) is 0 Å². The Morgan fingerprint density at radius 3 is 2.68 bits per heavy atom. The molecule has 0 aromatic carbocycles. The average molecular weight is 419 g/mol. The minimum Gasteiger partial charge on any atom is -0.314 e. The second-order valence-electron chi connectivity index (χ2n) is 6.83. The molecule has 0 unspecified atom stereocenters. The minimum atomic E-state index is -3.64. The van der Waals surface area contributed by atoms with E-state index in [1.54, 1.807) is 12.3 Å². The van der Waals surface area contributed by atoms with Crippen molar-refractivity contribution in [1.82, 2.24) is 23.6 Å². The molecular formula is C18H22N6O2S2. The van der Waals surface area contributed by atoms with Crippen molar-refractivity contribution in [3.63, 3.8) is 0 Å². The third kappa shape index (κ3) is 4.51. The number of sulfonamides is 1. The van der Waals surface area contributed by atoms with Crippen LogP contribution in [0.25, 0.3) is 11.5 Å². The van der Waals surface area contributed by atoms with Gasteiger partial charge in [0.2, 0.25) is 15.2 Å². The van der Waals surface area contributed by atoms with E-state index in [-0.39, 0.29) is 10.7 Å². The molecule has 3 rings (SSSR count). The summed E-state index contributed by atoms with van der Waals surface area (Å²) in [4.78, 5) is 13.0. The molecule has 8 nitrogen and oxygen atoms in total. The van der Waals surface area contributed by atoms with E-state index >= 15 is 0 Å². The highest BCUT2D eigenvalue weighted by molar-refractivity contribution is 7.89. The van der Waals surface area contributed by atoms with E-state index in [1.807, 2.05) is 12.1 Å². The summed E-state index contributed by atoms with van der Waals surface area (Å²) in [6, 6.07) is 7.05. The van der Waals surface area contributed by atoms with Crippen LogP contribution in [-0.2, 0) is 16.4 Å². The zero-order valence-electron chi connectivity index (χ0n) is 16.1. The Kier molecular flexibility index (Phi) is 6.01. The van der Waals surface area contributed by atoms with Gasteiger partial charge in [-0.2, -0.15) is 9.36 Å². The van der Waals surface area contributed by atoms with Gasteiger partial charge in [-0.1, -0.05) is 13.8 Å². The second-order valence-corrected chi connectivity index (χ2v) is 9.71. The van der Waals surface area contributed by atoms with Crippen LogP contribution in [0.15, 0.2) is 41.6 Å². The number of rotatable bonds is 7. The van der Waals surface area contributed by atoms with Crippen LogP contribution in [0, 0.1) is 5.92 Å². The smallest absolute Gasteiger partial charge is 0.246 e. The van der Waals surface area contributed by atoms with Gasteiger partial charge in [0.15, 0.2) is 11.6 Å². The molecule has 0 aliphatic heterocycles.